The molecule has 0 aliphatic rings. The van der Waals surface area contributed by atoms with Crippen molar-refractivity contribution in [2.45, 2.75) is 33.1 Å². The number of anilines is 1. The van der Waals surface area contributed by atoms with E-state index < -0.39 is 16.5 Å². The number of benzene rings is 1. The van der Waals surface area contributed by atoms with Crippen LogP contribution in [-0.2, 0) is 27.8 Å². The molecule has 0 atom stereocenters. The van der Waals surface area contributed by atoms with Gasteiger partial charge in [-0.3, -0.25) is 9.59 Å². The molecule has 0 aliphatic carbocycles. The number of carbonyl (C=O) groups excluding carboxylic acids is 2. The van der Waals surface area contributed by atoms with Gasteiger partial charge in [-0.2, -0.15) is 5.10 Å². The fourth-order valence-corrected chi connectivity index (χ4v) is 3.09. The minimum Gasteiger partial charge on any atom is -0.493 e. The highest BCUT2D eigenvalue weighted by molar-refractivity contribution is 7.71. The Balaban J connectivity index is 2.56. The standard InChI is InChI=1S/C16H19N3O5S/c1-4-19-16(22)13(7-17-19)15(21)12-6-5-11(8-25(23)24)14(9(12)2)18-10(3)20/h5-7,22,25H,4,8H2,1-3H3,(H,18,20). The van der Waals surface area contributed by atoms with Gasteiger partial charge in [-0.15, -0.1) is 0 Å². The molecule has 0 bridgehead atoms. The van der Waals surface area contributed by atoms with Crippen LogP contribution in [-0.4, -0.2) is 35.0 Å². The molecule has 1 heterocycles. The Kier molecular flexibility index (Phi) is 5.58. The third-order valence-electron chi connectivity index (χ3n) is 3.75. The molecular weight excluding hydrogens is 346 g/mol. The van der Waals surface area contributed by atoms with Gasteiger partial charge in [-0.25, -0.2) is 13.1 Å². The smallest absolute Gasteiger partial charge is 0.221 e. The Hall–Kier alpha value is -2.68. The van der Waals surface area contributed by atoms with E-state index in [2.05, 4.69) is 10.4 Å². The lowest BCUT2D eigenvalue weighted by molar-refractivity contribution is -0.114. The number of hydrogen-bond donors (Lipinski definition) is 3. The number of nitrogens with one attached hydrogen (secondary N) is 1. The highest BCUT2D eigenvalue weighted by Crippen LogP contribution is 2.29. The molecule has 25 heavy (non-hydrogen) atoms. The molecule has 0 saturated carbocycles. The number of aromatic nitrogens is 2. The lowest BCUT2D eigenvalue weighted by Crippen LogP contribution is -2.13. The van der Waals surface area contributed by atoms with E-state index in [1.54, 1.807) is 13.8 Å². The van der Waals surface area contributed by atoms with Crippen LogP contribution < -0.4 is 5.32 Å². The zero-order valence-corrected chi connectivity index (χ0v) is 15.0. The number of thiol groups is 1. The summed E-state index contributed by atoms with van der Waals surface area (Å²) in [4.78, 5) is 24.2. The SMILES string of the molecule is CCn1ncc(C(=O)c2ccc(C[SH](=O)=O)c(NC(C)=O)c2C)c1O. The molecule has 8 nitrogen and oxygen atoms in total. The second kappa shape index (κ2) is 7.47. The highest BCUT2D eigenvalue weighted by Gasteiger charge is 2.22. The summed E-state index contributed by atoms with van der Waals surface area (Å²) in [7, 11) is -2.69. The van der Waals surface area contributed by atoms with Crippen LogP contribution in [0.5, 0.6) is 5.88 Å². The fourth-order valence-electron chi connectivity index (χ4n) is 2.55. The number of carbonyl (C=O) groups is 2. The van der Waals surface area contributed by atoms with Gasteiger partial charge >= 0.3 is 0 Å². The summed E-state index contributed by atoms with van der Waals surface area (Å²) in [5, 5.41) is 16.6. The van der Waals surface area contributed by atoms with Gasteiger partial charge in [-0.1, -0.05) is 12.1 Å². The topological polar surface area (TPSA) is 118 Å². The Morgan fingerprint density at radius 1 is 1.28 bits per heavy atom. The summed E-state index contributed by atoms with van der Waals surface area (Å²) in [5.74, 6) is -1.32. The van der Waals surface area contributed by atoms with E-state index >= 15 is 0 Å². The lowest BCUT2D eigenvalue weighted by Gasteiger charge is -2.15. The van der Waals surface area contributed by atoms with Crippen LogP contribution >= 0.6 is 0 Å². The van der Waals surface area contributed by atoms with Crippen molar-refractivity contribution in [1.29, 1.82) is 0 Å². The Labute approximate surface area is 146 Å². The van der Waals surface area contributed by atoms with E-state index in [4.69, 9.17) is 0 Å². The summed E-state index contributed by atoms with van der Waals surface area (Å²) >= 11 is 0. The fraction of sp³-hybridized carbons (Fsp3) is 0.312. The number of aryl methyl sites for hydroxylation is 1. The zero-order chi connectivity index (χ0) is 18.7. The zero-order valence-electron chi connectivity index (χ0n) is 14.1. The Morgan fingerprint density at radius 2 is 1.96 bits per heavy atom. The molecule has 2 N–H and O–H groups in total. The molecule has 0 radical (unpaired) electrons. The van der Waals surface area contributed by atoms with Gasteiger partial charge in [0, 0.05) is 24.7 Å². The molecule has 1 aromatic heterocycles. The molecule has 2 aromatic rings. The van der Waals surface area contributed by atoms with E-state index in [1.165, 1.54) is 29.9 Å². The van der Waals surface area contributed by atoms with E-state index in [1.807, 2.05) is 0 Å². The number of hydrogen-bond acceptors (Lipinski definition) is 6. The molecule has 0 aliphatic heterocycles. The van der Waals surface area contributed by atoms with Crippen molar-refractivity contribution in [1.82, 2.24) is 9.78 Å². The highest BCUT2D eigenvalue weighted by atomic mass is 32.2. The van der Waals surface area contributed by atoms with E-state index in [0.29, 0.717) is 23.4 Å². The van der Waals surface area contributed by atoms with Crippen molar-refractivity contribution in [3.05, 3.63) is 40.6 Å². The summed E-state index contributed by atoms with van der Waals surface area (Å²) in [5.41, 5.74) is 1.41. The van der Waals surface area contributed by atoms with Crippen LogP contribution in [0.4, 0.5) is 5.69 Å². The second-order valence-electron chi connectivity index (χ2n) is 5.47. The molecular formula is C16H19N3O5S. The van der Waals surface area contributed by atoms with Gasteiger partial charge in [0.15, 0.2) is 5.78 Å². The van der Waals surface area contributed by atoms with Crippen molar-refractivity contribution >= 4 is 28.1 Å². The summed E-state index contributed by atoms with van der Waals surface area (Å²) < 4.78 is 23.4. The van der Waals surface area contributed by atoms with E-state index in [-0.39, 0.29) is 28.7 Å². The maximum atomic E-state index is 12.7. The largest absolute Gasteiger partial charge is 0.493 e. The van der Waals surface area contributed by atoms with Crippen molar-refractivity contribution in [3.8, 4) is 5.88 Å². The second-order valence-corrected chi connectivity index (χ2v) is 6.45. The number of ketones is 1. The van der Waals surface area contributed by atoms with Crippen molar-refractivity contribution in [2.75, 3.05) is 5.32 Å². The van der Waals surface area contributed by atoms with E-state index in [9.17, 15) is 23.1 Å². The predicted octanol–water partition coefficient (Wildman–Crippen LogP) is 1.22. The van der Waals surface area contributed by atoms with E-state index in [0.717, 1.165) is 0 Å². The molecule has 0 spiro atoms. The van der Waals surface area contributed by atoms with Crippen molar-refractivity contribution in [3.63, 3.8) is 0 Å². The molecule has 1 aromatic carbocycles. The first kappa shape index (κ1) is 18.7. The van der Waals surface area contributed by atoms with Gasteiger partial charge in [0.1, 0.15) is 16.3 Å². The van der Waals surface area contributed by atoms with Crippen LogP contribution in [0.25, 0.3) is 0 Å². The first-order valence-corrected chi connectivity index (χ1v) is 8.93. The van der Waals surface area contributed by atoms with Crippen LogP contribution in [0.1, 0.15) is 40.9 Å². The number of aromatic hydroxyl groups is 1. The van der Waals surface area contributed by atoms with Gasteiger partial charge in [0.05, 0.1) is 11.9 Å². The summed E-state index contributed by atoms with van der Waals surface area (Å²) in [6.45, 7) is 5.10. The Morgan fingerprint density at radius 3 is 2.48 bits per heavy atom. The molecule has 0 unspecified atom stereocenters. The van der Waals surface area contributed by atoms with Crippen molar-refractivity contribution < 1.29 is 23.1 Å². The first-order chi connectivity index (χ1) is 11.8. The number of rotatable bonds is 6. The van der Waals surface area contributed by atoms with Crippen LogP contribution in [0.2, 0.25) is 0 Å². The lowest BCUT2D eigenvalue weighted by atomic mass is 9.96. The maximum absolute atomic E-state index is 12.7. The quantitative estimate of drug-likeness (QED) is 0.523. The van der Waals surface area contributed by atoms with Gasteiger partial charge in [0.2, 0.25) is 11.8 Å². The third kappa shape index (κ3) is 3.87. The maximum Gasteiger partial charge on any atom is 0.221 e. The van der Waals surface area contributed by atoms with Crippen LogP contribution in [0, 0.1) is 6.92 Å². The molecule has 0 saturated heterocycles. The monoisotopic (exact) mass is 365 g/mol. The van der Waals surface area contributed by atoms with Crippen LogP contribution in [0.15, 0.2) is 18.3 Å². The number of amides is 1. The Bertz CT molecular complexity index is 907. The molecule has 134 valence electrons. The molecule has 9 heteroatoms. The molecule has 0 fully saturated rings. The summed E-state index contributed by atoms with van der Waals surface area (Å²) in [6, 6.07) is 2.97. The van der Waals surface area contributed by atoms with Gasteiger partial charge in [-0.05, 0) is 25.0 Å². The summed E-state index contributed by atoms with van der Waals surface area (Å²) in [6.07, 6.45) is 1.28. The average Bonchev–Trinajstić information content (AvgIpc) is 2.90. The first-order valence-electron chi connectivity index (χ1n) is 7.57. The minimum atomic E-state index is -2.69. The normalized spacial score (nSPS) is 10.9. The van der Waals surface area contributed by atoms with Gasteiger partial charge in [0.25, 0.3) is 0 Å². The van der Waals surface area contributed by atoms with Gasteiger partial charge < -0.3 is 10.4 Å². The number of nitrogens with zero attached hydrogens (tertiary/aromatic N) is 2. The molecule has 2 rings (SSSR count). The molecule has 1 amide bonds. The minimum absolute atomic E-state index is 0.0429. The average molecular weight is 365 g/mol. The predicted molar refractivity (Wildman–Crippen MR) is 92.5 cm³/mol. The van der Waals surface area contributed by atoms with Crippen LogP contribution in [0.3, 0.4) is 0 Å². The third-order valence-corrected chi connectivity index (χ3v) is 4.35. The van der Waals surface area contributed by atoms with Crippen molar-refractivity contribution in [2.24, 2.45) is 0 Å².